The van der Waals surface area contributed by atoms with Gasteiger partial charge in [0.25, 0.3) is 0 Å². The zero-order chi connectivity index (χ0) is 18.5. The van der Waals surface area contributed by atoms with Crippen LogP contribution in [0.4, 0.5) is 9.59 Å². The second-order valence-electron chi connectivity index (χ2n) is 7.48. The lowest BCUT2D eigenvalue weighted by molar-refractivity contribution is 0.0479. The van der Waals surface area contributed by atoms with E-state index in [9.17, 15) is 14.7 Å². The SMILES string of the molecule is CC(C)(C)OC(=O)NC(CO)Cc1cn(C(=O)OC(C)(C)C)cn1. The van der Waals surface area contributed by atoms with Crippen LogP contribution >= 0.6 is 0 Å². The van der Waals surface area contributed by atoms with E-state index >= 15 is 0 Å². The van der Waals surface area contributed by atoms with E-state index in [4.69, 9.17) is 9.47 Å². The zero-order valence-electron chi connectivity index (χ0n) is 15.1. The van der Waals surface area contributed by atoms with Gasteiger partial charge in [0.2, 0.25) is 0 Å². The van der Waals surface area contributed by atoms with Crippen LogP contribution in [0.25, 0.3) is 0 Å². The van der Waals surface area contributed by atoms with E-state index in [1.165, 1.54) is 17.1 Å². The Morgan fingerprint density at radius 1 is 1.21 bits per heavy atom. The van der Waals surface area contributed by atoms with Gasteiger partial charge in [-0.1, -0.05) is 0 Å². The molecule has 0 aliphatic carbocycles. The topological polar surface area (TPSA) is 103 Å². The van der Waals surface area contributed by atoms with Crippen LogP contribution < -0.4 is 5.32 Å². The van der Waals surface area contributed by atoms with Crippen LogP contribution in [0.15, 0.2) is 12.5 Å². The van der Waals surface area contributed by atoms with E-state index in [2.05, 4.69) is 10.3 Å². The van der Waals surface area contributed by atoms with Crippen molar-refractivity contribution in [2.24, 2.45) is 0 Å². The molecule has 8 nitrogen and oxygen atoms in total. The summed E-state index contributed by atoms with van der Waals surface area (Å²) in [7, 11) is 0. The summed E-state index contributed by atoms with van der Waals surface area (Å²) in [6.07, 6.45) is 1.94. The van der Waals surface area contributed by atoms with Crippen molar-refractivity contribution < 1.29 is 24.2 Å². The Hall–Kier alpha value is -2.09. The highest BCUT2D eigenvalue weighted by Crippen LogP contribution is 2.10. The molecule has 0 radical (unpaired) electrons. The van der Waals surface area contributed by atoms with Crippen LogP contribution in [0, 0.1) is 0 Å². The second-order valence-corrected chi connectivity index (χ2v) is 7.48. The number of aliphatic hydroxyl groups is 1. The lowest BCUT2D eigenvalue weighted by Gasteiger charge is -2.22. The minimum absolute atomic E-state index is 0.255. The predicted molar refractivity (Wildman–Crippen MR) is 87.8 cm³/mol. The summed E-state index contributed by atoms with van der Waals surface area (Å²) in [5.74, 6) is 0. The predicted octanol–water partition coefficient (Wildman–Crippen LogP) is 2.09. The number of nitrogens with one attached hydrogen (secondary N) is 1. The number of alkyl carbamates (subject to hydrolysis) is 1. The number of hydrogen-bond acceptors (Lipinski definition) is 6. The number of carbonyl (C=O) groups excluding carboxylic acids is 2. The molecule has 1 amide bonds. The molecule has 0 saturated heterocycles. The minimum atomic E-state index is -0.623. The van der Waals surface area contributed by atoms with Gasteiger partial charge in [0, 0.05) is 12.6 Å². The molecule has 0 fully saturated rings. The Labute approximate surface area is 142 Å². The molecule has 1 aromatic heterocycles. The number of rotatable bonds is 4. The van der Waals surface area contributed by atoms with Gasteiger partial charge in [-0.15, -0.1) is 0 Å². The lowest BCUT2D eigenvalue weighted by Crippen LogP contribution is -2.42. The third-order valence-corrected chi connectivity index (χ3v) is 2.64. The first-order valence-corrected chi connectivity index (χ1v) is 7.76. The standard InChI is InChI=1S/C16H27N3O5/c1-15(2,3)23-13(21)18-12(9-20)7-11-8-19(10-17-11)14(22)24-16(4,5)6/h8,10,12,20H,7,9H2,1-6H3,(H,18,21). The largest absolute Gasteiger partial charge is 0.444 e. The Morgan fingerprint density at radius 3 is 2.29 bits per heavy atom. The fourth-order valence-electron chi connectivity index (χ4n) is 1.77. The lowest BCUT2D eigenvalue weighted by atomic mass is 10.2. The molecule has 1 unspecified atom stereocenters. The van der Waals surface area contributed by atoms with E-state index < -0.39 is 29.4 Å². The molecule has 0 bridgehead atoms. The van der Waals surface area contributed by atoms with Gasteiger partial charge in [-0.3, -0.25) is 0 Å². The number of carbonyl (C=O) groups is 2. The summed E-state index contributed by atoms with van der Waals surface area (Å²) in [5, 5.41) is 12.0. The van der Waals surface area contributed by atoms with E-state index in [1.807, 2.05) is 0 Å². The fraction of sp³-hybridized carbons (Fsp3) is 0.688. The molecule has 1 aromatic rings. The van der Waals surface area contributed by atoms with Gasteiger partial charge in [0.05, 0.1) is 18.3 Å². The van der Waals surface area contributed by atoms with Gasteiger partial charge in [-0.05, 0) is 41.5 Å². The molecule has 0 aliphatic rings. The third-order valence-electron chi connectivity index (χ3n) is 2.64. The Morgan fingerprint density at radius 2 is 1.79 bits per heavy atom. The molecule has 1 heterocycles. The third kappa shape index (κ3) is 7.45. The van der Waals surface area contributed by atoms with E-state index in [0.29, 0.717) is 5.69 Å². The van der Waals surface area contributed by atoms with Gasteiger partial charge in [0.15, 0.2) is 0 Å². The van der Waals surface area contributed by atoms with Gasteiger partial charge < -0.3 is 19.9 Å². The van der Waals surface area contributed by atoms with Gasteiger partial charge in [-0.25, -0.2) is 19.1 Å². The van der Waals surface area contributed by atoms with Crippen molar-refractivity contribution in [3.63, 3.8) is 0 Å². The monoisotopic (exact) mass is 341 g/mol. The summed E-state index contributed by atoms with van der Waals surface area (Å²) < 4.78 is 11.6. The summed E-state index contributed by atoms with van der Waals surface area (Å²) in [6, 6.07) is -0.568. The van der Waals surface area contributed by atoms with Crippen molar-refractivity contribution in [1.82, 2.24) is 14.9 Å². The fourth-order valence-corrected chi connectivity index (χ4v) is 1.77. The number of amides is 1. The van der Waals surface area contributed by atoms with Crippen molar-refractivity contribution >= 4 is 12.2 Å². The normalized spacial score (nSPS) is 13.3. The number of aromatic nitrogens is 2. The molecule has 1 rings (SSSR count). The van der Waals surface area contributed by atoms with Crippen molar-refractivity contribution in [1.29, 1.82) is 0 Å². The number of ether oxygens (including phenoxy) is 2. The van der Waals surface area contributed by atoms with Gasteiger partial charge >= 0.3 is 12.2 Å². The molecule has 0 aromatic carbocycles. The molecule has 24 heavy (non-hydrogen) atoms. The van der Waals surface area contributed by atoms with E-state index in [0.717, 1.165) is 0 Å². The molecule has 0 saturated carbocycles. The zero-order valence-corrected chi connectivity index (χ0v) is 15.1. The molecular weight excluding hydrogens is 314 g/mol. The highest BCUT2D eigenvalue weighted by molar-refractivity contribution is 5.70. The average molecular weight is 341 g/mol. The van der Waals surface area contributed by atoms with Crippen LogP contribution in [0.5, 0.6) is 0 Å². The summed E-state index contributed by atoms with van der Waals surface area (Å²) in [5.41, 5.74) is -0.688. The first-order chi connectivity index (χ1) is 10.9. The highest BCUT2D eigenvalue weighted by atomic mass is 16.6. The van der Waals surface area contributed by atoms with Crippen LogP contribution in [0.3, 0.4) is 0 Å². The first-order valence-electron chi connectivity index (χ1n) is 7.76. The van der Waals surface area contributed by atoms with Crippen LogP contribution in [0.2, 0.25) is 0 Å². The average Bonchev–Trinajstić information content (AvgIpc) is 2.82. The second kappa shape index (κ2) is 7.65. The summed E-state index contributed by atoms with van der Waals surface area (Å²) in [4.78, 5) is 27.8. The van der Waals surface area contributed by atoms with Gasteiger partial charge in [-0.2, -0.15) is 0 Å². The molecule has 2 N–H and O–H groups in total. The Kier molecular flexibility index (Phi) is 6.36. The molecular formula is C16H27N3O5. The molecule has 136 valence electrons. The number of hydrogen-bond donors (Lipinski definition) is 2. The Bertz CT molecular complexity index is 569. The van der Waals surface area contributed by atoms with Crippen LogP contribution in [-0.4, -0.2) is 50.7 Å². The molecule has 0 aliphatic heterocycles. The van der Waals surface area contributed by atoms with Crippen molar-refractivity contribution in [3.8, 4) is 0 Å². The Balaban J connectivity index is 2.64. The van der Waals surface area contributed by atoms with Crippen molar-refractivity contribution in [2.45, 2.75) is 65.2 Å². The van der Waals surface area contributed by atoms with E-state index in [1.54, 1.807) is 41.5 Å². The van der Waals surface area contributed by atoms with Crippen LogP contribution in [-0.2, 0) is 15.9 Å². The maximum absolute atomic E-state index is 11.9. The first kappa shape index (κ1) is 20.0. The van der Waals surface area contributed by atoms with Crippen molar-refractivity contribution in [2.75, 3.05) is 6.61 Å². The summed E-state index contributed by atoms with van der Waals surface area (Å²) in [6.45, 7) is 10.3. The maximum atomic E-state index is 11.9. The van der Waals surface area contributed by atoms with E-state index in [-0.39, 0.29) is 13.0 Å². The maximum Gasteiger partial charge on any atom is 0.419 e. The quantitative estimate of drug-likeness (QED) is 0.869. The number of aliphatic hydroxyl groups excluding tert-OH is 1. The van der Waals surface area contributed by atoms with Crippen LogP contribution in [0.1, 0.15) is 47.2 Å². The van der Waals surface area contributed by atoms with Crippen molar-refractivity contribution in [3.05, 3.63) is 18.2 Å². The minimum Gasteiger partial charge on any atom is -0.444 e. The highest BCUT2D eigenvalue weighted by Gasteiger charge is 2.21. The number of imidazole rings is 1. The summed E-state index contributed by atoms with van der Waals surface area (Å²) >= 11 is 0. The molecule has 1 atom stereocenters. The smallest absolute Gasteiger partial charge is 0.419 e. The molecule has 8 heteroatoms. The van der Waals surface area contributed by atoms with Gasteiger partial charge in [0.1, 0.15) is 17.5 Å². The molecule has 0 spiro atoms. The number of nitrogens with zero attached hydrogens (tertiary/aromatic N) is 2.